The fraction of sp³-hybridized carbons (Fsp3) is 0.769. The zero-order valence-corrected chi connectivity index (χ0v) is 11.8. The molecule has 6 heteroatoms. The van der Waals surface area contributed by atoms with E-state index in [9.17, 15) is 13.2 Å². The Morgan fingerprint density at radius 3 is 2.58 bits per heavy atom. The minimum atomic E-state index is -3.02. The van der Waals surface area contributed by atoms with E-state index in [0.717, 1.165) is 19.3 Å². The molecule has 1 saturated carbocycles. The van der Waals surface area contributed by atoms with Crippen LogP contribution in [0.1, 0.15) is 32.1 Å². The maximum absolute atomic E-state index is 12.3. The normalized spacial score (nSPS) is 27.3. The van der Waals surface area contributed by atoms with Crippen molar-refractivity contribution in [1.29, 1.82) is 0 Å². The monoisotopic (exact) mass is 284 g/mol. The van der Waals surface area contributed by atoms with Gasteiger partial charge in [-0.15, -0.1) is 6.42 Å². The van der Waals surface area contributed by atoms with Crippen molar-refractivity contribution in [2.75, 3.05) is 18.1 Å². The highest BCUT2D eigenvalue weighted by Crippen LogP contribution is 2.33. The second-order valence-corrected chi connectivity index (χ2v) is 7.90. The first kappa shape index (κ1) is 14.4. The van der Waals surface area contributed by atoms with E-state index in [1.807, 2.05) is 0 Å². The Morgan fingerprint density at radius 1 is 1.47 bits per heavy atom. The van der Waals surface area contributed by atoms with E-state index in [-0.39, 0.29) is 36.4 Å². The van der Waals surface area contributed by atoms with Crippen LogP contribution in [-0.4, -0.2) is 48.9 Å². The fourth-order valence-corrected chi connectivity index (χ4v) is 4.48. The van der Waals surface area contributed by atoms with Crippen LogP contribution in [0, 0.1) is 12.3 Å². The number of nitrogens with zero attached hydrogens (tertiary/aromatic N) is 1. The molecule has 1 aliphatic carbocycles. The molecule has 1 heterocycles. The number of nitrogens with two attached hydrogens (primary N) is 1. The van der Waals surface area contributed by atoms with Gasteiger partial charge in [-0.1, -0.05) is 5.92 Å². The van der Waals surface area contributed by atoms with E-state index in [0.29, 0.717) is 6.42 Å². The second kappa shape index (κ2) is 5.14. The number of hydrogen-bond donors (Lipinski definition) is 1. The summed E-state index contributed by atoms with van der Waals surface area (Å²) in [7, 11) is -3.02. The first-order valence-corrected chi connectivity index (χ1v) is 8.40. The van der Waals surface area contributed by atoms with Crippen LogP contribution in [0.15, 0.2) is 0 Å². The van der Waals surface area contributed by atoms with Gasteiger partial charge in [0.1, 0.15) is 0 Å². The molecule has 2 aliphatic rings. The van der Waals surface area contributed by atoms with Gasteiger partial charge in [-0.2, -0.15) is 0 Å². The summed E-state index contributed by atoms with van der Waals surface area (Å²) in [5.74, 6) is 2.50. The molecule has 0 spiro atoms. The van der Waals surface area contributed by atoms with E-state index in [1.165, 1.54) is 4.90 Å². The van der Waals surface area contributed by atoms with Crippen LogP contribution in [0.25, 0.3) is 0 Å². The van der Waals surface area contributed by atoms with Gasteiger partial charge >= 0.3 is 0 Å². The van der Waals surface area contributed by atoms with Crippen LogP contribution >= 0.6 is 0 Å². The van der Waals surface area contributed by atoms with Gasteiger partial charge in [-0.25, -0.2) is 8.42 Å². The first-order valence-electron chi connectivity index (χ1n) is 6.57. The Labute approximate surface area is 114 Å². The quantitative estimate of drug-likeness (QED) is 0.731. The molecule has 0 aromatic heterocycles. The second-order valence-electron chi connectivity index (χ2n) is 5.68. The standard InChI is InChI=1S/C13H20N2O3S/c1-2-7-15(11-4-8-19(17,18)10-11)12(16)9-13(14)5-3-6-13/h1,11H,3-10,14H2. The number of rotatable bonds is 4. The molecule has 5 nitrogen and oxygen atoms in total. The molecule has 0 radical (unpaired) electrons. The Kier molecular flexibility index (Phi) is 3.88. The third kappa shape index (κ3) is 3.28. The average Bonchev–Trinajstić information content (AvgIpc) is 2.64. The van der Waals surface area contributed by atoms with Crippen molar-refractivity contribution < 1.29 is 13.2 Å². The van der Waals surface area contributed by atoms with Gasteiger partial charge in [0.15, 0.2) is 9.84 Å². The lowest BCUT2D eigenvalue weighted by molar-refractivity contribution is -0.134. The SMILES string of the molecule is C#CCN(C(=O)CC1(N)CCC1)C1CCS(=O)(=O)C1. The smallest absolute Gasteiger partial charge is 0.225 e. The van der Waals surface area contributed by atoms with Gasteiger partial charge in [0.2, 0.25) is 5.91 Å². The molecular weight excluding hydrogens is 264 g/mol. The Bertz CT molecular complexity index is 502. The van der Waals surface area contributed by atoms with Crippen LogP contribution in [0.5, 0.6) is 0 Å². The van der Waals surface area contributed by atoms with E-state index in [2.05, 4.69) is 5.92 Å². The fourth-order valence-electron chi connectivity index (χ4n) is 2.75. The molecule has 1 aliphatic heterocycles. The summed E-state index contributed by atoms with van der Waals surface area (Å²) >= 11 is 0. The molecule has 19 heavy (non-hydrogen) atoms. The van der Waals surface area contributed by atoms with E-state index < -0.39 is 15.4 Å². The number of carbonyl (C=O) groups excluding carboxylic acids is 1. The summed E-state index contributed by atoms with van der Waals surface area (Å²) in [4.78, 5) is 13.8. The molecular formula is C13H20N2O3S. The molecule has 1 amide bonds. The van der Waals surface area contributed by atoms with Crippen molar-refractivity contribution in [1.82, 2.24) is 4.90 Å². The topological polar surface area (TPSA) is 80.5 Å². The largest absolute Gasteiger partial charge is 0.327 e. The minimum Gasteiger partial charge on any atom is -0.327 e. The average molecular weight is 284 g/mol. The molecule has 106 valence electrons. The summed E-state index contributed by atoms with van der Waals surface area (Å²) in [6, 6.07) is -0.280. The number of sulfone groups is 1. The highest BCUT2D eigenvalue weighted by Gasteiger charge is 2.39. The lowest BCUT2D eigenvalue weighted by atomic mass is 9.75. The zero-order chi connectivity index (χ0) is 14.1. The van der Waals surface area contributed by atoms with Crippen molar-refractivity contribution in [3.05, 3.63) is 0 Å². The first-order chi connectivity index (χ1) is 8.85. The van der Waals surface area contributed by atoms with Gasteiger partial charge in [0.05, 0.1) is 18.1 Å². The maximum Gasteiger partial charge on any atom is 0.225 e. The number of carbonyl (C=O) groups is 1. The molecule has 1 unspecified atom stereocenters. The lowest BCUT2D eigenvalue weighted by Gasteiger charge is -2.39. The molecule has 2 N–H and O–H groups in total. The van der Waals surface area contributed by atoms with E-state index in [1.54, 1.807) is 0 Å². The lowest BCUT2D eigenvalue weighted by Crippen LogP contribution is -2.52. The van der Waals surface area contributed by atoms with Crippen molar-refractivity contribution in [3.8, 4) is 12.3 Å². The van der Waals surface area contributed by atoms with Gasteiger partial charge < -0.3 is 10.6 Å². The van der Waals surface area contributed by atoms with Gasteiger partial charge in [-0.05, 0) is 25.7 Å². The Balaban J connectivity index is 2.03. The summed E-state index contributed by atoms with van der Waals surface area (Å²) < 4.78 is 23.0. The van der Waals surface area contributed by atoms with Crippen LogP contribution in [0.3, 0.4) is 0 Å². The maximum atomic E-state index is 12.3. The van der Waals surface area contributed by atoms with Gasteiger partial charge in [0.25, 0.3) is 0 Å². The summed E-state index contributed by atoms with van der Waals surface area (Å²) in [5, 5.41) is 0. The number of terminal acetylenes is 1. The summed E-state index contributed by atoms with van der Waals surface area (Å²) in [5.41, 5.74) is 5.67. The zero-order valence-electron chi connectivity index (χ0n) is 11.0. The number of hydrogen-bond acceptors (Lipinski definition) is 4. The van der Waals surface area contributed by atoms with Crippen LogP contribution in [0.2, 0.25) is 0 Å². The van der Waals surface area contributed by atoms with Gasteiger partial charge in [0, 0.05) is 18.0 Å². The Morgan fingerprint density at radius 2 is 2.16 bits per heavy atom. The molecule has 0 aromatic carbocycles. The Hall–Kier alpha value is -1.06. The highest BCUT2D eigenvalue weighted by atomic mass is 32.2. The van der Waals surface area contributed by atoms with Crippen molar-refractivity contribution in [3.63, 3.8) is 0 Å². The van der Waals surface area contributed by atoms with Crippen LogP contribution in [0.4, 0.5) is 0 Å². The predicted octanol–water partition coefficient (Wildman–Crippen LogP) is -0.0932. The van der Waals surface area contributed by atoms with Crippen LogP contribution < -0.4 is 5.73 Å². The number of amides is 1. The van der Waals surface area contributed by atoms with Crippen molar-refractivity contribution in [2.45, 2.75) is 43.7 Å². The highest BCUT2D eigenvalue weighted by molar-refractivity contribution is 7.91. The van der Waals surface area contributed by atoms with Crippen LogP contribution in [-0.2, 0) is 14.6 Å². The minimum absolute atomic E-state index is 0.0258. The predicted molar refractivity (Wildman–Crippen MR) is 73.0 cm³/mol. The molecule has 2 rings (SSSR count). The molecule has 1 atom stereocenters. The third-order valence-electron chi connectivity index (χ3n) is 4.08. The summed E-state index contributed by atoms with van der Waals surface area (Å²) in [6.07, 6.45) is 8.79. The van der Waals surface area contributed by atoms with Crippen molar-refractivity contribution in [2.24, 2.45) is 5.73 Å². The van der Waals surface area contributed by atoms with Gasteiger partial charge in [-0.3, -0.25) is 4.79 Å². The molecule has 1 saturated heterocycles. The molecule has 0 bridgehead atoms. The molecule has 2 fully saturated rings. The molecule has 0 aromatic rings. The summed E-state index contributed by atoms with van der Waals surface area (Å²) in [6.45, 7) is 0.162. The van der Waals surface area contributed by atoms with E-state index >= 15 is 0 Å². The van der Waals surface area contributed by atoms with Crippen molar-refractivity contribution >= 4 is 15.7 Å². The van der Waals surface area contributed by atoms with E-state index in [4.69, 9.17) is 12.2 Å². The third-order valence-corrected chi connectivity index (χ3v) is 5.83.